The lowest BCUT2D eigenvalue weighted by Crippen LogP contribution is -2.41. The number of hydrogen-bond donors (Lipinski definition) is 2. The summed E-state index contributed by atoms with van der Waals surface area (Å²) in [5.74, 6) is -1.66. The number of halogens is 3. The molecule has 2 unspecified atom stereocenters. The Morgan fingerprint density at radius 3 is 2.88 bits per heavy atom. The SMILES string of the molecule is CC1(CNc2cnn(-c3ccc(F)cc3F)c(=O)c2Cl)CCCCC1O. The van der Waals surface area contributed by atoms with Gasteiger partial charge in [0.05, 0.1) is 18.0 Å². The summed E-state index contributed by atoms with van der Waals surface area (Å²) in [7, 11) is 0. The minimum Gasteiger partial charge on any atom is -0.392 e. The molecule has 8 heteroatoms. The van der Waals surface area contributed by atoms with Crippen LogP contribution < -0.4 is 10.9 Å². The van der Waals surface area contributed by atoms with Crippen molar-refractivity contribution >= 4 is 17.3 Å². The van der Waals surface area contributed by atoms with Crippen LogP contribution in [-0.2, 0) is 0 Å². The molecule has 2 aromatic rings. The highest BCUT2D eigenvalue weighted by Crippen LogP contribution is 2.36. The van der Waals surface area contributed by atoms with Gasteiger partial charge in [0.15, 0.2) is 5.82 Å². The molecule has 1 aliphatic rings. The molecule has 1 saturated carbocycles. The molecule has 0 spiro atoms. The average molecular weight is 384 g/mol. The average Bonchev–Trinajstić information content (AvgIpc) is 2.60. The molecule has 1 aromatic carbocycles. The first kappa shape index (κ1) is 18.8. The number of hydrogen-bond acceptors (Lipinski definition) is 4. The first-order chi connectivity index (χ1) is 12.3. The zero-order valence-electron chi connectivity index (χ0n) is 14.3. The maximum Gasteiger partial charge on any atom is 0.292 e. The van der Waals surface area contributed by atoms with Gasteiger partial charge >= 0.3 is 0 Å². The molecule has 0 amide bonds. The molecule has 1 aliphatic carbocycles. The Morgan fingerprint density at radius 1 is 1.42 bits per heavy atom. The van der Waals surface area contributed by atoms with Crippen LogP contribution in [0.25, 0.3) is 5.69 Å². The molecule has 2 atom stereocenters. The van der Waals surface area contributed by atoms with E-state index in [1.807, 2.05) is 6.92 Å². The molecule has 0 saturated heterocycles. The van der Waals surface area contributed by atoms with E-state index in [0.717, 1.165) is 42.5 Å². The molecule has 26 heavy (non-hydrogen) atoms. The number of nitrogens with zero attached hydrogens (tertiary/aromatic N) is 2. The van der Waals surface area contributed by atoms with Crippen molar-refractivity contribution in [2.75, 3.05) is 11.9 Å². The summed E-state index contributed by atoms with van der Waals surface area (Å²) < 4.78 is 27.7. The number of aromatic nitrogens is 2. The minimum atomic E-state index is -0.908. The molecular weight excluding hydrogens is 364 g/mol. The molecule has 140 valence electrons. The lowest BCUT2D eigenvalue weighted by Gasteiger charge is -2.38. The van der Waals surface area contributed by atoms with Crippen LogP contribution in [0.4, 0.5) is 14.5 Å². The van der Waals surface area contributed by atoms with Crippen molar-refractivity contribution in [3.05, 3.63) is 51.4 Å². The van der Waals surface area contributed by atoms with Gasteiger partial charge in [-0.2, -0.15) is 9.78 Å². The topological polar surface area (TPSA) is 67.2 Å². The smallest absolute Gasteiger partial charge is 0.292 e. The third-order valence-electron chi connectivity index (χ3n) is 5.02. The number of aliphatic hydroxyl groups is 1. The summed E-state index contributed by atoms with van der Waals surface area (Å²) in [5.41, 5.74) is -0.898. The van der Waals surface area contributed by atoms with Gasteiger partial charge in [0.1, 0.15) is 16.5 Å². The van der Waals surface area contributed by atoms with Gasteiger partial charge in [-0.05, 0) is 25.0 Å². The van der Waals surface area contributed by atoms with Gasteiger partial charge in [0.25, 0.3) is 5.56 Å². The third kappa shape index (κ3) is 3.59. The summed E-state index contributed by atoms with van der Waals surface area (Å²) in [5, 5.41) is 17.1. The van der Waals surface area contributed by atoms with Crippen molar-refractivity contribution < 1.29 is 13.9 Å². The van der Waals surface area contributed by atoms with E-state index in [1.54, 1.807) is 0 Å². The lowest BCUT2D eigenvalue weighted by atomic mass is 9.73. The Bertz CT molecular complexity index is 874. The third-order valence-corrected chi connectivity index (χ3v) is 5.38. The van der Waals surface area contributed by atoms with E-state index >= 15 is 0 Å². The molecule has 0 radical (unpaired) electrons. The minimum absolute atomic E-state index is 0.141. The number of nitrogens with one attached hydrogen (secondary N) is 1. The molecule has 0 bridgehead atoms. The summed E-state index contributed by atoms with van der Waals surface area (Å²) in [6.45, 7) is 2.42. The van der Waals surface area contributed by atoms with E-state index in [4.69, 9.17) is 11.6 Å². The van der Waals surface area contributed by atoms with Crippen molar-refractivity contribution in [3.63, 3.8) is 0 Å². The van der Waals surface area contributed by atoms with Gasteiger partial charge in [-0.3, -0.25) is 4.79 Å². The first-order valence-electron chi connectivity index (χ1n) is 8.47. The molecule has 1 heterocycles. The Hall–Kier alpha value is -1.99. The molecule has 1 aromatic heterocycles. The Balaban J connectivity index is 1.85. The second kappa shape index (κ2) is 7.32. The molecule has 5 nitrogen and oxygen atoms in total. The van der Waals surface area contributed by atoms with Crippen LogP contribution in [0.2, 0.25) is 5.02 Å². The number of aliphatic hydroxyl groups excluding tert-OH is 1. The van der Waals surface area contributed by atoms with Gasteiger partial charge in [-0.15, -0.1) is 0 Å². The number of rotatable bonds is 4. The van der Waals surface area contributed by atoms with Crippen LogP contribution in [0.5, 0.6) is 0 Å². The number of benzene rings is 1. The number of anilines is 1. The largest absolute Gasteiger partial charge is 0.392 e. The second-order valence-corrected chi connectivity index (χ2v) is 7.33. The van der Waals surface area contributed by atoms with Gasteiger partial charge in [0.2, 0.25) is 0 Å². The van der Waals surface area contributed by atoms with Crippen molar-refractivity contribution in [2.24, 2.45) is 5.41 Å². The van der Waals surface area contributed by atoms with Crippen LogP contribution in [0.1, 0.15) is 32.6 Å². The summed E-state index contributed by atoms with van der Waals surface area (Å²) in [6.07, 6.45) is 4.54. The van der Waals surface area contributed by atoms with Crippen LogP contribution in [0.15, 0.2) is 29.2 Å². The Morgan fingerprint density at radius 2 is 2.19 bits per heavy atom. The van der Waals surface area contributed by atoms with E-state index in [-0.39, 0.29) is 16.1 Å². The van der Waals surface area contributed by atoms with Crippen LogP contribution in [0.3, 0.4) is 0 Å². The molecule has 1 fully saturated rings. The Labute approximate surface area is 154 Å². The molecular formula is C18H20ClF2N3O2. The predicted octanol–water partition coefficient (Wildman–Crippen LogP) is 3.52. The second-order valence-electron chi connectivity index (χ2n) is 6.95. The maximum atomic E-state index is 13.9. The van der Waals surface area contributed by atoms with Crippen LogP contribution >= 0.6 is 11.6 Å². The van der Waals surface area contributed by atoms with Crippen molar-refractivity contribution in [3.8, 4) is 5.69 Å². The quantitative estimate of drug-likeness (QED) is 0.847. The Kier molecular flexibility index (Phi) is 5.29. The summed E-state index contributed by atoms with van der Waals surface area (Å²) in [6, 6.07) is 2.84. The fraction of sp³-hybridized carbons (Fsp3) is 0.444. The van der Waals surface area contributed by atoms with Gasteiger partial charge in [0, 0.05) is 18.0 Å². The zero-order valence-corrected chi connectivity index (χ0v) is 15.1. The van der Waals surface area contributed by atoms with Gasteiger partial charge in [-0.25, -0.2) is 8.78 Å². The van der Waals surface area contributed by atoms with E-state index in [9.17, 15) is 18.7 Å². The summed E-state index contributed by atoms with van der Waals surface area (Å²) >= 11 is 6.14. The zero-order chi connectivity index (χ0) is 18.9. The normalized spacial score (nSPS) is 23.0. The van der Waals surface area contributed by atoms with Crippen LogP contribution in [-0.4, -0.2) is 27.5 Å². The fourth-order valence-corrected chi connectivity index (χ4v) is 3.46. The van der Waals surface area contributed by atoms with Crippen molar-refractivity contribution in [1.29, 1.82) is 0 Å². The monoisotopic (exact) mass is 383 g/mol. The highest BCUT2D eigenvalue weighted by atomic mass is 35.5. The van der Waals surface area contributed by atoms with Crippen molar-refractivity contribution in [1.82, 2.24) is 9.78 Å². The van der Waals surface area contributed by atoms with Crippen LogP contribution in [0, 0.1) is 17.0 Å². The van der Waals surface area contributed by atoms with Gasteiger partial charge < -0.3 is 10.4 Å². The fourth-order valence-electron chi connectivity index (χ4n) is 3.27. The standard InChI is InChI=1S/C18H20ClF2N3O2/c1-18(7-3-2-4-15(18)25)10-22-13-9-23-24(17(26)16(13)19)14-6-5-11(20)8-12(14)21/h5-6,8-9,15,22,25H,2-4,7,10H2,1H3. The molecule has 3 rings (SSSR count). The lowest BCUT2D eigenvalue weighted by molar-refractivity contribution is 0.00962. The van der Waals surface area contributed by atoms with E-state index in [0.29, 0.717) is 18.3 Å². The van der Waals surface area contributed by atoms with Crippen molar-refractivity contribution in [2.45, 2.75) is 38.7 Å². The van der Waals surface area contributed by atoms with E-state index in [1.165, 1.54) is 6.20 Å². The van der Waals surface area contributed by atoms with Gasteiger partial charge in [-0.1, -0.05) is 31.4 Å². The highest BCUT2D eigenvalue weighted by molar-refractivity contribution is 6.32. The summed E-state index contributed by atoms with van der Waals surface area (Å²) in [4.78, 5) is 12.4. The predicted molar refractivity (Wildman–Crippen MR) is 95.8 cm³/mol. The molecule has 0 aliphatic heterocycles. The van der Waals surface area contributed by atoms with E-state index in [2.05, 4.69) is 10.4 Å². The molecule has 2 N–H and O–H groups in total. The highest BCUT2D eigenvalue weighted by Gasteiger charge is 2.35. The maximum absolute atomic E-state index is 13.9. The first-order valence-corrected chi connectivity index (χ1v) is 8.85. The van der Waals surface area contributed by atoms with E-state index < -0.39 is 23.3 Å².